The van der Waals surface area contributed by atoms with Gasteiger partial charge in [-0.3, -0.25) is 4.79 Å². The van der Waals surface area contributed by atoms with Gasteiger partial charge in [-0.2, -0.15) is 0 Å². The minimum absolute atomic E-state index is 0.0176. The van der Waals surface area contributed by atoms with Crippen LogP contribution in [0.4, 0.5) is 0 Å². The molecule has 0 amide bonds. The second-order valence-electron chi connectivity index (χ2n) is 9.16. The minimum atomic E-state index is 0.0176. The highest BCUT2D eigenvalue weighted by atomic mass is 16.5. The molecule has 0 aliphatic carbocycles. The number of ether oxygens (including phenoxy) is 1. The van der Waals surface area contributed by atoms with E-state index in [1.54, 1.807) is 0 Å². The quantitative estimate of drug-likeness (QED) is 0.135. The van der Waals surface area contributed by atoms with E-state index in [0.29, 0.717) is 13.0 Å². The van der Waals surface area contributed by atoms with Crippen molar-refractivity contribution < 1.29 is 9.53 Å². The van der Waals surface area contributed by atoms with Gasteiger partial charge in [0, 0.05) is 6.42 Å². The maximum Gasteiger partial charge on any atom is 0.305 e. The Labute approximate surface area is 177 Å². The van der Waals surface area contributed by atoms with Crippen LogP contribution in [-0.4, -0.2) is 12.6 Å². The highest BCUT2D eigenvalue weighted by Gasteiger charge is 2.02. The van der Waals surface area contributed by atoms with Gasteiger partial charge in [0.05, 0.1) is 6.61 Å². The highest BCUT2D eigenvalue weighted by Crippen LogP contribution is 2.13. The number of rotatable bonds is 22. The molecule has 0 saturated heterocycles. The van der Waals surface area contributed by atoms with E-state index in [4.69, 9.17) is 4.74 Å². The molecule has 0 bridgehead atoms. The van der Waals surface area contributed by atoms with Gasteiger partial charge in [-0.05, 0) is 18.8 Å². The summed E-state index contributed by atoms with van der Waals surface area (Å²) in [5.74, 6) is 0.861. The first kappa shape index (κ1) is 27.5. The summed E-state index contributed by atoms with van der Waals surface area (Å²) in [7, 11) is 0. The Bertz CT molecular complexity index is 312. The maximum absolute atomic E-state index is 11.7. The smallest absolute Gasteiger partial charge is 0.305 e. The third-order valence-corrected chi connectivity index (χ3v) is 5.67. The summed E-state index contributed by atoms with van der Waals surface area (Å²) in [6, 6.07) is 0. The molecular formula is C26H52O2. The van der Waals surface area contributed by atoms with Gasteiger partial charge in [0.15, 0.2) is 0 Å². The zero-order valence-corrected chi connectivity index (χ0v) is 19.7. The monoisotopic (exact) mass is 396 g/mol. The Balaban J connectivity index is 3.15. The van der Waals surface area contributed by atoms with Gasteiger partial charge in [-0.15, -0.1) is 0 Å². The summed E-state index contributed by atoms with van der Waals surface area (Å²) in [5.41, 5.74) is 0. The van der Waals surface area contributed by atoms with Crippen LogP contribution >= 0.6 is 0 Å². The summed E-state index contributed by atoms with van der Waals surface area (Å²) in [5, 5.41) is 0. The van der Waals surface area contributed by atoms with Gasteiger partial charge >= 0.3 is 5.97 Å². The van der Waals surface area contributed by atoms with Crippen molar-refractivity contribution in [2.24, 2.45) is 5.92 Å². The Morgan fingerprint density at radius 1 is 0.607 bits per heavy atom. The zero-order chi connectivity index (χ0) is 20.7. The van der Waals surface area contributed by atoms with Crippen LogP contribution in [0.3, 0.4) is 0 Å². The van der Waals surface area contributed by atoms with Gasteiger partial charge in [0.25, 0.3) is 0 Å². The SMILES string of the molecule is CCCCCCCCCCCCCOC(=O)CCCCCCCCCC(C)C. The fourth-order valence-electron chi connectivity index (χ4n) is 3.73. The van der Waals surface area contributed by atoms with Crippen LogP contribution in [-0.2, 0) is 9.53 Å². The second-order valence-corrected chi connectivity index (χ2v) is 9.16. The average molecular weight is 397 g/mol. The molecule has 2 nitrogen and oxygen atoms in total. The van der Waals surface area contributed by atoms with Gasteiger partial charge in [0.1, 0.15) is 0 Å². The molecule has 0 saturated carbocycles. The lowest BCUT2D eigenvalue weighted by molar-refractivity contribution is -0.143. The molecule has 0 N–H and O–H groups in total. The topological polar surface area (TPSA) is 26.3 Å². The van der Waals surface area contributed by atoms with Crippen molar-refractivity contribution in [2.45, 2.75) is 149 Å². The van der Waals surface area contributed by atoms with E-state index in [1.165, 1.54) is 109 Å². The van der Waals surface area contributed by atoms with E-state index in [1.807, 2.05) is 0 Å². The van der Waals surface area contributed by atoms with Gasteiger partial charge < -0.3 is 4.74 Å². The number of hydrogen-bond donors (Lipinski definition) is 0. The molecule has 0 aromatic carbocycles. The van der Waals surface area contributed by atoms with Crippen molar-refractivity contribution >= 4 is 5.97 Å². The summed E-state index contributed by atoms with van der Waals surface area (Å²) >= 11 is 0. The van der Waals surface area contributed by atoms with Crippen LogP contribution in [0.1, 0.15) is 149 Å². The van der Waals surface area contributed by atoms with Crippen LogP contribution in [0, 0.1) is 5.92 Å². The fraction of sp³-hybridized carbons (Fsp3) is 0.962. The molecule has 0 fully saturated rings. The third kappa shape index (κ3) is 23.5. The predicted molar refractivity (Wildman–Crippen MR) is 124 cm³/mol. The Morgan fingerprint density at radius 3 is 1.54 bits per heavy atom. The van der Waals surface area contributed by atoms with Gasteiger partial charge in [-0.1, -0.05) is 130 Å². The number of esters is 1. The molecular weight excluding hydrogens is 344 g/mol. The lowest BCUT2D eigenvalue weighted by atomic mass is 10.0. The molecule has 168 valence electrons. The number of unbranched alkanes of at least 4 members (excludes halogenated alkanes) is 16. The largest absolute Gasteiger partial charge is 0.466 e. The van der Waals surface area contributed by atoms with Crippen LogP contribution in [0.15, 0.2) is 0 Å². The first-order valence-corrected chi connectivity index (χ1v) is 12.8. The van der Waals surface area contributed by atoms with Crippen molar-refractivity contribution in [3.05, 3.63) is 0 Å². The molecule has 0 aromatic heterocycles. The number of carbonyl (C=O) groups excluding carboxylic acids is 1. The zero-order valence-electron chi connectivity index (χ0n) is 19.7. The first-order chi connectivity index (χ1) is 13.7. The van der Waals surface area contributed by atoms with Crippen molar-refractivity contribution in [1.29, 1.82) is 0 Å². The molecule has 0 atom stereocenters. The lowest BCUT2D eigenvalue weighted by Gasteiger charge is -2.06. The lowest BCUT2D eigenvalue weighted by Crippen LogP contribution is -2.05. The van der Waals surface area contributed by atoms with E-state index >= 15 is 0 Å². The molecule has 0 unspecified atom stereocenters. The Morgan fingerprint density at radius 2 is 1.04 bits per heavy atom. The van der Waals surface area contributed by atoms with E-state index in [9.17, 15) is 4.79 Å². The summed E-state index contributed by atoms with van der Waals surface area (Å²) in [6.45, 7) is 7.51. The molecule has 0 spiro atoms. The van der Waals surface area contributed by atoms with Crippen LogP contribution < -0.4 is 0 Å². The van der Waals surface area contributed by atoms with Crippen LogP contribution in [0.2, 0.25) is 0 Å². The van der Waals surface area contributed by atoms with E-state index < -0.39 is 0 Å². The second kappa shape index (κ2) is 22.8. The third-order valence-electron chi connectivity index (χ3n) is 5.67. The molecule has 0 rings (SSSR count). The summed E-state index contributed by atoms with van der Waals surface area (Å²) in [6.07, 6.45) is 25.5. The molecule has 2 heteroatoms. The van der Waals surface area contributed by atoms with Crippen molar-refractivity contribution in [3.63, 3.8) is 0 Å². The normalized spacial score (nSPS) is 11.3. The fourth-order valence-corrected chi connectivity index (χ4v) is 3.73. The van der Waals surface area contributed by atoms with Crippen molar-refractivity contribution in [3.8, 4) is 0 Å². The van der Waals surface area contributed by atoms with E-state index in [-0.39, 0.29) is 5.97 Å². The summed E-state index contributed by atoms with van der Waals surface area (Å²) in [4.78, 5) is 11.7. The Kier molecular flexibility index (Phi) is 22.3. The molecule has 0 aromatic rings. The van der Waals surface area contributed by atoms with Gasteiger partial charge in [-0.25, -0.2) is 0 Å². The highest BCUT2D eigenvalue weighted by molar-refractivity contribution is 5.69. The average Bonchev–Trinajstić information content (AvgIpc) is 2.67. The minimum Gasteiger partial charge on any atom is -0.466 e. The predicted octanol–water partition coefficient (Wildman–Crippen LogP) is 9.01. The molecule has 0 radical (unpaired) electrons. The number of carbonyl (C=O) groups is 1. The number of hydrogen-bond acceptors (Lipinski definition) is 2. The Hall–Kier alpha value is -0.530. The van der Waals surface area contributed by atoms with Crippen molar-refractivity contribution in [2.75, 3.05) is 6.61 Å². The molecule has 0 heterocycles. The standard InChI is InChI=1S/C26H52O2/c1-4-5-6-7-8-9-10-11-15-18-21-24-28-26(27)23-20-17-14-12-13-16-19-22-25(2)3/h25H,4-24H2,1-3H3. The first-order valence-electron chi connectivity index (χ1n) is 12.8. The molecule has 0 aliphatic rings. The molecule has 0 aliphatic heterocycles. The van der Waals surface area contributed by atoms with Crippen molar-refractivity contribution in [1.82, 2.24) is 0 Å². The van der Waals surface area contributed by atoms with E-state index in [2.05, 4.69) is 20.8 Å². The maximum atomic E-state index is 11.7. The van der Waals surface area contributed by atoms with E-state index in [0.717, 1.165) is 18.8 Å². The van der Waals surface area contributed by atoms with Crippen LogP contribution in [0.25, 0.3) is 0 Å². The summed E-state index contributed by atoms with van der Waals surface area (Å²) < 4.78 is 5.37. The van der Waals surface area contributed by atoms with Crippen LogP contribution in [0.5, 0.6) is 0 Å². The molecule has 28 heavy (non-hydrogen) atoms. The van der Waals surface area contributed by atoms with Gasteiger partial charge in [0.2, 0.25) is 0 Å².